The Hall–Kier alpha value is -1.09. The Morgan fingerprint density at radius 1 is 1.25 bits per heavy atom. The zero-order chi connectivity index (χ0) is 11.0. The molecule has 0 amide bonds. The van der Waals surface area contributed by atoms with Crippen molar-refractivity contribution in [3.63, 3.8) is 0 Å². The van der Waals surface area contributed by atoms with Gasteiger partial charge in [0.2, 0.25) is 0 Å². The average Bonchev–Trinajstić information content (AvgIpc) is 2.28. The number of nitrogens with zero attached hydrogens (tertiary/aromatic N) is 1. The summed E-state index contributed by atoms with van der Waals surface area (Å²) in [5.41, 5.74) is 1.18. The van der Waals surface area contributed by atoms with Crippen LogP contribution >= 0.6 is 0 Å². The third-order valence-corrected chi connectivity index (χ3v) is 3.81. The molecule has 2 aliphatic heterocycles. The van der Waals surface area contributed by atoms with Crippen molar-refractivity contribution in [1.29, 1.82) is 0 Å². The molecule has 0 radical (unpaired) electrons. The SMILES string of the molecule is Fc1ccccc1N1CC2(CCCNC2)C1. The molecule has 1 spiro atoms. The normalized spacial score (nSPS) is 23.2. The molecule has 2 aliphatic rings. The lowest BCUT2D eigenvalue weighted by molar-refractivity contribution is 0.156. The van der Waals surface area contributed by atoms with Crippen LogP contribution in [0.3, 0.4) is 0 Å². The van der Waals surface area contributed by atoms with Gasteiger partial charge in [0.1, 0.15) is 5.82 Å². The molecule has 0 aliphatic carbocycles. The summed E-state index contributed by atoms with van der Waals surface area (Å²) in [5.74, 6) is -0.0962. The van der Waals surface area contributed by atoms with Gasteiger partial charge in [-0.2, -0.15) is 0 Å². The van der Waals surface area contributed by atoms with E-state index in [4.69, 9.17) is 0 Å². The zero-order valence-electron chi connectivity index (χ0n) is 9.38. The summed E-state index contributed by atoms with van der Waals surface area (Å²) in [6.07, 6.45) is 2.54. The lowest BCUT2D eigenvalue weighted by atomic mass is 9.74. The Morgan fingerprint density at radius 2 is 2.06 bits per heavy atom. The molecular formula is C13H17FN2. The zero-order valence-corrected chi connectivity index (χ0v) is 9.38. The molecule has 2 fully saturated rings. The van der Waals surface area contributed by atoms with Crippen molar-refractivity contribution in [3.8, 4) is 0 Å². The molecule has 2 saturated heterocycles. The highest BCUT2D eigenvalue weighted by molar-refractivity contribution is 5.51. The molecule has 16 heavy (non-hydrogen) atoms. The quantitative estimate of drug-likeness (QED) is 0.779. The van der Waals surface area contributed by atoms with E-state index < -0.39 is 0 Å². The van der Waals surface area contributed by atoms with E-state index in [0.717, 1.165) is 31.9 Å². The molecule has 1 N–H and O–H groups in total. The van der Waals surface area contributed by atoms with Crippen LogP contribution in [0.5, 0.6) is 0 Å². The summed E-state index contributed by atoms with van der Waals surface area (Å²) in [6, 6.07) is 7.07. The Labute approximate surface area is 95.4 Å². The molecule has 0 atom stereocenters. The third-order valence-electron chi connectivity index (χ3n) is 3.81. The van der Waals surface area contributed by atoms with E-state index in [-0.39, 0.29) is 5.82 Å². The maximum absolute atomic E-state index is 13.6. The second-order valence-electron chi connectivity index (χ2n) is 5.09. The van der Waals surface area contributed by atoms with Crippen molar-refractivity contribution in [2.75, 3.05) is 31.1 Å². The van der Waals surface area contributed by atoms with Crippen molar-refractivity contribution in [2.24, 2.45) is 5.41 Å². The molecule has 2 heterocycles. The van der Waals surface area contributed by atoms with Crippen LogP contribution in [0.25, 0.3) is 0 Å². The van der Waals surface area contributed by atoms with Gasteiger partial charge >= 0.3 is 0 Å². The van der Waals surface area contributed by atoms with E-state index >= 15 is 0 Å². The highest BCUT2D eigenvalue weighted by Gasteiger charge is 2.44. The van der Waals surface area contributed by atoms with Gasteiger partial charge < -0.3 is 10.2 Å². The highest BCUT2D eigenvalue weighted by Crippen LogP contribution is 2.39. The largest absolute Gasteiger partial charge is 0.368 e. The smallest absolute Gasteiger partial charge is 0.146 e. The van der Waals surface area contributed by atoms with Crippen molar-refractivity contribution >= 4 is 5.69 Å². The molecule has 86 valence electrons. The fourth-order valence-electron chi connectivity index (χ4n) is 2.94. The number of hydrogen-bond donors (Lipinski definition) is 1. The number of hydrogen-bond acceptors (Lipinski definition) is 2. The van der Waals surface area contributed by atoms with Crippen LogP contribution in [0, 0.1) is 11.2 Å². The lowest BCUT2D eigenvalue weighted by Crippen LogP contribution is -2.62. The molecule has 0 aromatic heterocycles. The minimum Gasteiger partial charge on any atom is -0.368 e. The highest BCUT2D eigenvalue weighted by atomic mass is 19.1. The molecule has 0 bridgehead atoms. The van der Waals surface area contributed by atoms with Gasteiger partial charge in [0.05, 0.1) is 5.69 Å². The number of halogens is 1. The maximum Gasteiger partial charge on any atom is 0.146 e. The van der Waals surface area contributed by atoms with E-state index in [2.05, 4.69) is 10.2 Å². The molecule has 0 unspecified atom stereocenters. The molecular weight excluding hydrogens is 203 g/mol. The first-order valence-corrected chi connectivity index (χ1v) is 5.99. The van der Waals surface area contributed by atoms with Gasteiger partial charge in [0.15, 0.2) is 0 Å². The fraction of sp³-hybridized carbons (Fsp3) is 0.538. The first-order valence-electron chi connectivity index (χ1n) is 5.99. The average molecular weight is 220 g/mol. The topological polar surface area (TPSA) is 15.3 Å². The molecule has 1 aromatic carbocycles. The van der Waals surface area contributed by atoms with Crippen molar-refractivity contribution < 1.29 is 4.39 Å². The summed E-state index contributed by atoms with van der Waals surface area (Å²) < 4.78 is 13.6. The minimum absolute atomic E-state index is 0.0962. The maximum atomic E-state index is 13.6. The van der Waals surface area contributed by atoms with Gasteiger partial charge in [0, 0.05) is 25.0 Å². The van der Waals surface area contributed by atoms with E-state index in [9.17, 15) is 4.39 Å². The Balaban J connectivity index is 1.71. The van der Waals surface area contributed by atoms with Gasteiger partial charge in [0.25, 0.3) is 0 Å². The Kier molecular flexibility index (Phi) is 2.36. The second kappa shape index (κ2) is 3.74. The molecule has 3 heteroatoms. The first-order chi connectivity index (χ1) is 7.79. The number of rotatable bonds is 1. The van der Waals surface area contributed by atoms with Gasteiger partial charge in [-0.05, 0) is 31.5 Å². The number of anilines is 1. The summed E-state index contributed by atoms with van der Waals surface area (Å²) >= 11 is 0. The van der Waals surface area contributed by atoms with Crippen LogP contribution < -0.4 is 10.2 Å². The van der Waals surface area contributed by atoms with Gasteiger partial charge in [-0.15, -0.1) is 0 Å². The van der Waals surface area contributed by atoms with Crippen molar-refractivity contribution in [2.45, 2.75) is 12.8 Å². The van der Waals surface area contributed by atoms with Crippen molar-refractivity contribution in [3.05, 3.63) is 30.1 Å². The Morgan fingerprint density at radius 3 is 2.75 bits per heavy atom. The molecule has 2 nitrogen and oxygen atoms in total. The number of piperidine rings is 1. The van der Waals surface area contributed by atoms with Crippen molar-refractivity contribution in [1.82, 2.24) is 5.32 Å². The number of benzene rings is 1. The second-order valence-corrected chi connectivity index (χ2v) is 5.09. The van der Waals surface area contributed by atoms with Gasteiger partial charge in [-0.3, -0.25) is 0 Å². The van der Waals surface area contributed by atoms with Gasteiger partial charge in [-0.25, -0.2) is 4.39 Å². The standard InChI is InChI=1S/C13H17FN2/c14-11-4-1-2-5-12(11)16-9-13(10-16)6-3-7-15-8-13/h1-2,4-5,15H,3,6-10H2. The van der Waals surface area contributed by atoms with E-state index in [0.29, 0.717) is 5.41 Å². The van der Waals surface area contributed by atoms with Crippen LogP contribution in [0.15, 0.2) is 24.3 Å². The number of nitrogens with one attached hydrogen (secondary N) is 1. The van der Waals surface area contributed by atoms with Crippen LogP contribution in [0.2, 0.25) is 0 Å². The van der Waals surface area contributed by atoms with E-state index in [1.807, 2.05) is 12.1 Å². The summed E-state index contributed by atoms with van der Waals surface area (Å²) in [4.78, 5) is 2.16. The van der Waals surface area contributed by atoms with Crippen LogP contribution in [0.1, 0.15) is 12.8 Å². The summed E-state index contributed by atoms with van der Waals surface area (Å²) in [5, 5.41) is 3.44. The lowest BCUT2D eigenvalue weighted by Gasteiger charge is -2.53. The predicted octanol–water partition coefficient (Wildman–Crippen LogP) is 2.02. The fourth-order valence-corrected chi connectivity index (χ4v) is 2.94. The predicted molar refractivity (Wildman–Crippen MR) is 63.1 cm³/mol. The molecule has 1 aromatic rings. The summed E-state index contributed by atoms with van der Waals surface area (Å²) in [7, 11) is 0. The van der Waals surface area contributed by atoms with E-state index in [1.54, 1.807) is 12.1 Å². The van der Waals surface area contributed by atoms with Crippen LogP contribution in [-0.4, -0.2) is 26.2 Å². The van der Waals surface area contributed by atoms with E-state index in [1.165, 1.54) is 12.8 Å². The van der Waals surface area contributed by atoms with Gasteiger partial charge in [-0.1, -0.05) is 12.1 Å². The Bertz CT molecular complexity index is 377. The monoisotopic (exact) mass is 220 g/mol. The first kappa shape index (κ1) is 10.1. The number of para-hydroxylation sites is 1. The molecule has 0 saturated carbocycles. The molecule has 3 rings (SSSR count). The minimum atomic E-state index is -0.0962. The van der Waals surface area contributed by atoms with Crippen LogP contribution in [0.4, 0.5) is 10.1 Å². The third kappa shape index (κ3) is 1.59. The summed E-state index contributed by atoms with van der Waals surface area (Å²) in [6.45, 7) is 4.24. The van der Waals surface area contributed by atoms with Crippen LogP contribution in [-0.2, 0) is 0 Å².